The first-order valence-corrected chi connectivity index (χ1v) is 6.61. The van der Waals surface area contributed by atoms with Crippen molar-refractivity contribution in [1.29, 1.82) is 5.26 Å². The molecule has 0 saturated carbocycles. The van der Waals surface area contributed by atoms with E-state index in [1.54, 1.807) is 19.1 Å². The highest BCUT2D eigenvalue weighted by Crippen LogP contribution is 2.19. The number of hydrogen-bond donors (Lipinski definition) is 1. The van der Waals surface area contributed by atoms with Gasteiger partial charge in [-0.05, 0) is 6.42 Å². The van der Waals surface area contributed by atoms with Crippen LogP contribution in [-0.4, -0.2) is 73.4 Å². The number of carbonyl (C=O) groups is 1. The molecule has 0 aromatic rings. The van der Waals surface area contributed by atoms with Crippen LogP contribution in [0.5, 0.6) is 0 Å². The number of amides is 1. The van der Waals surface area contributed by atoms with Crippen LogP contribution < -0.4 is 0 Å². The second-order valence-corrected chi connectivity index (χ2v) is 4.90. The second kappa shape index (κ2) is 8.10. The van der Waals surface area contributed by atoms with Gasteiger partial charge in [-0.15, -0.1) is 0 Å². The van der Waals surface area contributed by atoms with Crippen LogP contribution in [0, 0.1) is 11.3 Å². The molecular weight excluding hydrogens is 246 g/mol. The summed E-state index contributed by atoms with van der Waals surface area (Å²) in [5.41, 5.74) is 0. The average molecular weight is 269 g/mol. The first-order valence-electron chi connectivity index (χ1n) is 6.61. The first-order chi connectivity index (χ1) is 9.12. The summed E-state index contributed by atoms with van der Waals surface area (Å²) in [6.45, 7) is 1.95. The van der Waals surface area contributed by atoms with Gasteiger partial charge in [0.2, 0.25) is 5.91 Å². The summed E-state index contributed by atoms with van der Waals surface area (Å²) < 4.78 is 5.30. The number of nitrogens with zero attached hydrogens (tertiary/aromatic N) is 3. The predicted molar refractivity (Wildman–Crippen MR) is 70.3 cm³/mol. The topological polar surface area (TPSA) is 76.8 Å². The lowest BCUT2D eigenvalue weighted by Crippen LogP contribution is -2.37. The molecule has 1 aliphatic heterocycles. The Morgan fingerprint density at radius 3 is 2.95 bits per heavy atom. The number of likely N-dealkylation sites (tertiary alicyclic amines) is 1. The number of hydrogen-bond acceptors (Lipinski definition) is 5. The van der Waals surface area contributed by atoms with Gasteiger partial charge in [0.05, 0.1) is 25.2 Å². The summed E-state index contributed by atoms with van der Waals surface area (Å²) >= 11 is 0. The maximum atomic E-state index is 11.8. The lowest BCUT2D eigenvalue weighted by molar-refractivity contribution is -0.130. The molecule has 6 heteroatoms. The van der Waals surface area contributed by atoms with Crippen LogP contribution in [0.15, 0.2) is 0 Å². The number of nitriles is 1. The minimum atomic E-state index is 0.0350. The van der Waals surface area contributed by atoms with Crippen LogP contribution >= 0.6 is 0 Å². The summed E-state index contributed by atoms with van der Waals surface area (Å²) in [7, 11) is 3.38. The monoisotopic (exact) mass is 269 g/mol. The molecule has 19 heavy (non-hydrogen) atoms. The van der Waals surface area contributed by atoms with E-state index in [1.807, 2.05) is 6.07 Å². The van der Waals surface area contributed by atoms with Crippen molar-refractivity contribution in [2.75, 3.05) is 40.4 Å². The third kappa shape index (κ3) is 4.78. The Morgan fingerprint density at radius 2 is 2.37 bits per heavy atom. The zero-order valence-electron chi connectivity index (χ0n) is 11.7. The van der Waals surface area contributed by atoms with Crippen LogP contribution in [-0.2, 0) is 9.53 Å². The van der Waals surface area contributed by atoms with E-state index in [9.17, 15) is 9.90 Å². The first kappa shape index (κ1) is 15.9. The summed E-state index contributed by atoms with van der Waals surface area (Å²) in [5, 5.41) is 17.8. The van der Waals surface area contributed by atoms with E-state index in [1.165, 1.54) is 0 Å². The zero-order valence-corrected chi connectivity index (χ0v) is 11.7. The standard InChI is InChI=1S/C13H23N3O3/c1-15(6-3-5-14)13(18)4-7-16-9-12(19-2)8-11(16)10-17/h11-12,17H,3-4,6-10H2,1-2H3/t11-,12+/m0/s1. The average Bonchev–Trinajstić information content (AvgIpc) is 2.84. The van der Waals surface area contributed by atoms with Crippen LogP contribution in [0.1, 0.15) is 19.3 Å². The Labute approximate surface area is 114 Å². The fraction of sp³-hybridized carbons (Fsp3) is 0.846. The zero-order chi connectivity index (χ0) is 14.3. The Bertz CT molecular complexity index is 330. The fourth-order valence-corrected chi connectivity index (χ4v) is 2.34. The van der Waals surface area contributed by atoms with Crippen molar-refractivity contribution in [3.8, 4) is 6.07 Å². The summed E-state index contributed by atoms with van der Waals surface area (Å²) in [5.74, 6) is 0.0350. The highest BCUT2D eigenvalue weighted by atomic mass is 16.5. The molecule has 108 valence electrons. The van der Waals surface area contributed by atoms with Gasteiger partial charge in [0, 0.05) is 46.3 Å². The number of carbonyl (C=O) groups excluding carboxylic acids is 1. The van der Waals surface area contributed by atoms with Crippen LogP contribution in [0.2, 0.25) is 0 Å². The molecule has 2 atom stereocenters. The molecular formula is C13H23N3O3. The van der Waals surface area contributed by atoms with E-state index in [0.29, 0.717) is 25.9 Å². The molecule has 1 heterocycles. The minimum Gasteiger partial charge on any atom is -0.395 e. The van der Waals surface area contributed by atoms with Crippen LogP contribution in [0.3, 0.4) is 0 Å². The van der Waals surface area contributed by atoms with Crippen molar-refractivity contribution in [2.45, 2.75) is 31.4 Å². The fourth-order valence-electron chi connectivity index (χ4n) is 2.34. The smallest absolute Gasteiger partial charge is 0.223 e. The van der Waals surface area contributed by atoms with Gasteiger partial charge in [0.1, 0.15) is 0 Å². The quantitative estimate of drug-likeness (QED) is 0.694. The molecule has 1 amide bonds. The van der Waals surface area contributed by atoms with Crippen molar-refractivity contribution >= 4 is 5.91 Å². The van der Waals surface area contributed by atoms with Gasteiger partial charge in [0.15, 0.2) is 0 Å². The molecule has 0 spiro atoms. The lowest BCUT2D eigenvalue weighted by Gasteiger charge is -2.23. The maximum absolute atomic E-state index is 11.8. The van der Waals surface area contributed by atoms with Crippen molar-refractivity contribution < 1.29 is 14.6 Å². The Morgan fingerprint density at radius 1 is 1.63 bits per heavy atom. The van der Waals surface area contributed by atoms with Gasteiger partial charge >= 0.3 is 0 Å². The van der Waals surface area contributed by atoms with Crippen LogP contribution in [0.25, 0.3) is 0 Å². The van der Waals surface area contributed by atoms with E-state index >= 15 is 0 Å². The molecule has 0 aromatic heterocycles. The van der Waals surface area contributed by atoms with Crippen molar-refractivity contribution in [3.63, 3.8) is 0 Å². The highest BCUT2D eigenvalue weighted by Gasteiger charge is 2.31. The molecule has 1 N–H and O–H groups in total. The Hall–Kier alpha value is -1.16. The minimum absolute atomic E-state index is 0.0350. The number of methoxy groups -OCH3 is 1. The molecule has 1 rings (SSSR count). The van der Waals surface area contributed by atoms with Gasteiger partial charge in [-0.2, -0.15) is 5.26 Å². The summed E-state index contributed by atoms with van der Waals surface area (Å²) in [6, 6.07) is 2.11. The normalized spacial score (nSPS) is 23.3. The second-order valence-electron chi connectivity index (χ2n) is 4.90. The van der Waals surface area contributed by atoms with Gasteiger partial charge in [-0.3, -0.25) is 9.69 Å². The number of aliphatic hydroxyl groups excluding tert-OH is 1. The Kier molecular flexibility index (Phi) is 6.78. The number of rotatable bonds is 7. The molecule has 1 fully saturated rings. The van der Waals surface area contributed by atoms with E-state index in [4.69, 9.17) is 10.00 Å². The molecule has 1 aliphatic rings. The van der Waals surface area contributed by atoms with Crippen molar-refractivity contribution in [2.24, 2.45) is 0 Å². The lowest BCUT2D eigenvalue weighted by atomic mass is 10.2. The predicted octanol–water partition coefficient (Wildman–Crippen LogP) is -0.170. The Balaban J connectivity index is 2.35. The summed E-state index contributed by atoms with van der Waals surface area (Å²) in [4.78, 5) is 15.5. The SMILES string of the molecule is CO[C@@H]1C[C@@H](CO)N(CCC(=O)N(C)CCC#N)C1. The van der Waals surface area contributed by atoms with Gasteiger partial charge in [0.25, 0.3) is 0 Å². The van der Waals surface area contributed by atoms with Gasteiger partial charge in [-0.25, -0.2) is 0 Å². The maximum Gasteiger partial charge on any atom is 0.223 e. The molecule has 0 bridgehead atoms. The number of aliphatic hydroxyl groups is 1. The van der Waals surface area contributed by atoms with Crippen molar-refractivity contribution in [1.82, 2.24) is 9.80 Å². The third-order valence-electron chi connectivity index (χ3n) is 3.63. The molecule has 0 unspecified atom stereocenters. The van der Waals surface area contributed by atoms with Gasteiger partial charge < -0.3 is 14.7 Å². The van der Waals surface area contributed by atoms with E-state index < -0.39 is 0 Å². The molecule has 1 saturated heterocycles. The van der Waals surface area contributed by atoms with E-state index in [-0.39, 0.29) is 24.7 Å². The highest BCUT2D eigenvalue weighted by molar-refractivity contribution is 5.76. The van der Waals surface area contributed by atoms with Crippen LogP contribution in [0.4, 0.5) is 0 Å². The number of ether oxygens (including phenoxy) is 1. The molecule has 6 nitrogen and oxygen atoms in total. The molecule has 0 aromatic carbocycles. The summed E-state index contributed by atoms with van der Waals surface area (Å²) in [6.07, 6.45) is 1.72. The van der Waals surface area contributed by atoms with Gasteiger partial charge in [-0.1, -0.05) is 0 Å². The largest absolute Gasteiger partial charge is 0.395 e. The van der Waals surface area contributed by atoms with E-state index in [2.05, 4.69) is 4.90 Å². The van der Waals surface area contributed by atoms with Crippen molar-refractivity contribution in [3.05, 3.63) is 0 Å². The molecule has 0 radical (unpaired) electrons. The third-order valence-corrected chi connectivity index (χ3v) is 3.63. The molecule has 0 aliphatic carbocycles. The van der Waals surface area contributed by atoms with E-state index in [0.717, 1.165) is 13.0 Å².